The zero-order chi connectivity index (χ0) is 32.2. The zero-order valence-corrected chi connectivity index (χ0v) is 27.5. The molecule has 2 bridgehead atoms. The summed E-state index contributed by atoms with van der Waals surface area (Å²) in [6.07, 6.45) is 4.66. The number of fused-ring (bicyclic) bond motifs is 3. The molecule has 2 unspecified atom stereocenters. The Bertz CT molecular complexity index is 1790. The number of hydrogen-bond acceptors (Lipinski definition) is 9. The lowest BCUT2D eigenvalue weighted by atomic mass is 9.73. The maximum absolute atomic E-state index is 15.2. The first-order valence-electron chi connectivity index (χ1n) is 15.7. The Kier molecular flexibility index (Phi) is 8.69. The van der Waals surface area contributed by atoms with Crippen LogP contribution in [0.1, 0.15) is 90.9 Å². The van der Waals surface area contributed by atoms with E-state index in [0.29, 0.717) is 49.8 Å². The molecule has 2 heterocycles. The first-order chi connectivity index (χ1) is 22.2. The van der Waals surface area contributed by atoms with Crippen molar-refractivity contribution in [2.24, 2.45) is 11.8 Å². The Morgan fingerprint density at radius 1 is 1.11 bits per heavy atom. The van der Waals surface area contributed by atoms with E-state index in [2.05, 4.69) is 10.1 Å². The molecule has 3 aliphatic carbocycles. The van der Waals surface area contributed by atoms with Crippen molar-refractivity contribution in [3.8, 4) is 11.3 Å². The molecule has 242 valence electrons. The highest BCUT2D eigenvalue weighted by Gasteiger charge is 2.56. The third kappa shape index (κ3) is 5.76. The molecule has 3 fully saturated rings. The monoisotopic (exact) mass is 686 g/mol. The quantitative estimate of drug-likeness (QED) is 0.124. The summed E-state index contributed by atoms with van der Waals surface area (Å²) in [4.78, 5) is 29.0. The maximum atomic E-state index is 15.2. The summed E-state index contributed by atoms with van der Waals surface area (Å²) in [6, 6.07) is 8.10. The van der Waals surface area contributed by atoms with Crippen LogP contribution in [0.3, 0.4) is 0 Å². The molecule has 4 atom stereocenters. The molecule has 1 N–H and O–H groups in total. The fraction of sp³-hybridized carbons (Fsp3) is 0.471. The van der Waals surface area contributed by atoms with Crippen molar-refractivity contribution in [1.82, 2.24) is 10.1 Å². The summed E-state index contributed by atoms with van der Waals surface area (Å²) in [7, 11) is 0. The van der Waals surface area contributed by atoms with E-state index in [0.717, 1.165) is 43.1 Å². The number of Topliss-reactive ketones (excluding diaryl/α,β-unsaturated/α-hetero) is 1. The number of ether oxygens (including phenoxy) is 2. The van der Waals surface area contributed by atoms with Crippen molar-refractivity contribution in [1.29, 1.82) is 0 Å². The SMILES string of the molecule is CCOC(=O)CCC(=O)c1cc(F)c2nc(C3(O)[C@@H]4CC[C@H]3CC(OCc3c(-c5c(Cl)cccc5Cl)noc3C3CC3)C4)sc2c1. The van der Waals surface area contributed by atoms with Crippen molar-refractivity contribution >= 4 is 56.5 Å². The van der Waals surface area contributed by atoms with E-state index in [9.17, 15) is 14.7 Å². The first kappa shape index (κ1) is 31.7. The summed E-state index contributed by atoms with van der Waals surface area (Å²) in [5.41, 5.74) is 1.19. The molecule has 0 saturated heterocycles. The number of rotatable bonds is 11. The third-order valence-corrected chi connectivity index (χ3v) is 11.4. The highest BCUT2D eigenvalue weighted by Crippen LogP contribution is 2.57. The van der Waals surface area contributed by atoms with Crippen LogP contribution in [-0.4, -0.2) is 39.7 Å². The Hall–Kier alpha value is -2.89. The number of nitrogens with zero attached hydrogens (tertiary/aromatic N) is 2. The number of halogens is 3. The molecular weight excluding hydrogens is 654 g/mol. The standard InChI is InChI=1S/C34H33Cl2FN2O6S/c1-2-43-28(41)11-10-26(40)18-12-25(37)31-27(13-18)46-33(38-31)34(42)19-8-9-20(34)15-21(14-19)44-16-22-30(39-45-32(22)17-6-7-17)29-23(35)4-3-5-24(29)36/h3-5,12-13,17,19-21,42H,2,6-11,14-16H2,1H3/t19-,20+,21?,34?. The molecule has 3 aliphatic rings. The zero-order valence-electron chi connectivity index (χ0n) is 25.2. The van der Waals surface area contributed by atoms with Crippen molar-refractivity contribution in [3.05, 3.63) is 68.1 Å². The van der Waals surface area contributed by atoms with Gasteiger partial charge in [0.15, 0.2) is 11.6 Å². The molecule has 46 heavy (non-hydrogen) atoms. The minimum absolute atomic E-state index is 0.0688. The second-order valence-corrected chi connectivity index (χ2v) is 14.3. The fourth-order valence-electron chi connectivity index (χ4n) is 7.15. The largest absolute Gasteiger partial charge is 0.466 e. The van der Waals surface area contributed by atoms with Crippen molar-refractivity contribution in [2.75, 3.05) is 6.61 Å². The minimum Gasteiger partial charge on any atom is -0.466 e. The Morgan fingerprint density at radius 2 is 1.83 bits per heavy atom. The summed E-state index contributed by atoms with van der Waals surface area (Å²) in [5.74, 6) is -0.551. The van der Waals surface area contributed by atoms with Crippen LogP contribution in [0.15, 0.2) is 34.9 Å². The van der Waals surface area contributed by atoms with E-state index in [-0.39, 0.29) is 60.9 Å². The molecule has 3 saturated carbocycles. The highest BCUT2D eigenvalue weighted by molar-refractivity contribution is 7.18. The number of thiazole rings is 1. The number of aromatic nitrogens is 2. The van der Waals surface area contributed by atoms with E-state index in [1.807, 2.05) is 0 Å². The minimum atomic E-state index is -1.21. The molecule has 4 aromatic rings. The van der Waals surface area contributed by atoms with Gasteiger partial charge >= 0.3 is 5.97 Å². The number of aliphatic hydroxyl groups is 1. The predicted molar refractivity (Wildman–Crippen MR) is 172 cm³/mol. The Morgan fingerprint density at radius 3 is 2.50 bits per heavy atom. The summed E-state index contributed by atoms with van der Waals surface area (Å²) < 4.78 is 32.9. The van der Waals surface area contributed by atoms with Crippen LogP contribution < -0.4 is 0 Å². The number of ketones is 1. The van der Waals surface area contributed by atoms with Crippen LogP contribution >= 0.6 is 34.5 Å². The van der Waals surface area contributed by atoms with E-state index in [1.54, 1.807) is 31.2 Å². The molecule has 0 radical (unpaired) electrons. The third-order valence-electron chi connectivity index (χ3n) is 9.61. The van der Waals surface area contributed by atoms with Gasteiger partial charge in [-0.05, 0) is 81.5 Å². The highest BCUT2D eigenvalue weighted by atomic mass is 35.5. The van der Waals surface area contributed by atoms with Gasteiger partial charge in [0.2, 0.25) is 0 Å². The average molecular weight is 688 g/mol. The van der Waals surface area contributed by atoms with Crippen LogP contribution in [0.2, 0.25) is 10.0 Å². The number of benzene rings is 2. The summed E-state index contributed by atoms with van der Waals surface area (Å²) in [6.45, 7) is 2.22. The van der Waals surface area contributed by atoms with Crippen LogP contribution in [0, 0.1) is 17.7 Å². The van der Waals surface area contributed by atoms with Gasteiger partial charge in [0, 0.05) is 29.0 Å². The number of esters is 1. The number of hydrogen-bond donors (Lipinski definition) is 1. The lowest BCUT2D eigenvalue weighted by molar-refractivity contribution is -0.143. The van der Waals surface area contributed by atoms with Gasteiger partial charge in [-0.2, -0.15) is 0 Å². The molecule has 0 spiro atoms. The summed E-state index contributed by atoms with van der Waals surface area (Å²) >= 11 is 14.3. The topological polar surface area (TPSA) is 112 Å². The molecular formula is C34H33Cl2FN2O6S. The van der Waals surface area contributed by atoms with E-state index in [1.165, 1.54) is 11.3 Å². The van der Waals surface area contributed by atoms with Gasteiger partial charge in [-0.15, -0.1) is 11.3 Å². The predicted octanol–water partition coefficient (Wildman–Crippen LogP) is 8.39. The van der Waals surface area contributed by atoms with Crippen LogP contribution in [0.5, 0.6) is 0 Å². The van der Waals surface area contributed by atoms with Crippen molar-refractivity contribution < 1.29 is 33.1 Å². The van der Waals surface area contributed by atoms with Gasteiger partial charge in [-0.3, -0.25) is 9.59 Å². The van der Waals surface area contributed by atoms with E-state index < -0.39 is 17.4 Å². The van der Waals surface area contributed by atoms with Gasteiger partial charge in [0.25, 0.3) is 0 Å². The van der Waals surface area contributed by atoms with Gasteiger partial charge in [-0.1, -0.05) is 34.4 Å². The van der Waals surface area contributed by atoms with Gasteiger partial charge in [-0.25, -0.2) is 9.37 Å². The van der Waals surface area contributed by atoms with Gasteiger partial charge in [0.05, 0.1) is 40.5 Å². The van der Waals surface area contributed by atoms with Crippen LogP contribution in [-0.2, 0) is 26.5 Å². The van der Waals surface area contributed by atoms with Crippen LogP contribution in [0.25, 0.3) is 21.5 Å². The molecule has 2 aromatic carbocycles. The smallest absolute Gasteiger partial charge is 0.306 e. The molecule has 12 heteroatoms. The maximum Gasteiger partial charge on any atom is 0.306 e. The van der Waals surface area contributed by atoms with E-state index in [4.69, 9.17) is 37.2 Å². The Balaban J connectivity index is 1.08. The lowest BCUT2D eigenvalue weighted by Gasteiger charge is -2.41. The fourth-order valence-corrected chi connectivity index (χ4v) is 8.99. The molecule has 0 aliphatic heterocycles. The lowest BCUT2D eigenvalue weighted by Crippen LogP contribution is -2.44. The average Bonchev–Trinajstić information content (AvgIpc) is 3.60. The summed E-state index contributed by atoms with van der Waals surface area (Å²) in [5, 5.41) is 18.0. The van der Waals surface area contributed by atoms with Gasteiger partial charge in [0.1, 0.15) is 27.6 Å². The molecule has 8 nitrogen and oxygen atoms in total. The van der Waals surface area contributed by atoms with Crippen molar-refractivity contribution in [3.63, 3.8) is 0 Å². The van der Waals surface area contributed by atoms with Gasteiger partial charge < -0.3 is 19.1 Å². The Labute approximate surface area is 279 Å². The normalized spacial score (nSPS) is 24.1. The van der Waals surface area contributed by atoms with E-state index >= 15 is 4.39 Å². The second kappa shape index (κ2) is 12.6. The van der Waals surface area contributed by atoms with Crippen molar-refractivity contribution in [2.45, 2.75) is 82.5 Å². The first-order valence-corrected chi connectivity index (χ1v) is 17.3. The number of carbonyl (C=O) groups is 2. The molecule has 2 aromatic heterocycles. The molecule has 7 rings (SSSR count). The van der Waals surface area contributed by atoms with Crippen LogP contribution in [0.4, 0.5) is 4.39 Å². The second-order valence-electron chi connectivity index (χ2n) is 12.5. The number of carbonyl (C=O) groups excluding carboxylic acids is 2. The molecule has 0 amide bonds.